The van der Waals surface area contributed by atoms with E-state index in [1.807, 2.05) is 11.3 Å². The Labute approximate surface area is 357 Å². The van der Waals surface area contributed by atoms with E-state index in [1.165, 1.54) is 68.9 Å². The zero-order valence-electron chi connectivity index (χ0n) is 32.9. The molecule has 4 aromatic heterocycles. The van der Waals surface area contributed by atoms with E-state index in [-0.39, 0.29) is 12.0 Å². The quantitative estimate of drug-likeness (QED) is 0.168. The molecule has 9 aromatic rings. The summed E-state index contributed by atoms with van der Waals surface area (Å²) in [6, 6.07) is 50.5. The van der Waals surface area contributed by atoms with Crippen molar-refractivity contribution in [1.82, 2.24) is 14.5 Å². The van der Waals surface area contributed by atoms with Crippen molar-refractivity contribution >= 4 is 71.8 Å². The van der Waals surface area contributed by atoms with Gasteiger partial charge in [0.25, 0.3) is 0 Å². The van der Waals surface area contributed by atoms with Crippen molar-refractivity contribution in [1.29, 1.82) is 0 Å². The Morgan fingerprint density at radius 1 is 0.633 bits per heavy atom. The molecule has 3 aliphatic rings. The number of benzene rings is 5. The molecule has 2 atom stereocenters. The number of rotatable bonds is 6. The number of aromatic nitrogens is 3. The van der Waals surface area contributed by atoms with Crippen LogP contribution in [0.4, 0.5) is 11.5 Å². The minimum absolute atomic E-state index is 0.0793. The Hall–Kier alpha value is -6.73. The molecule has 4 nitrogen and oxygen atoms in total. The van der Waals surface area contributed by atoms with Gasteiger partial charge in [0, 0.05) is 63.6 Å². The van der Waals surface area contributed by atoms with Crippen molar-refractivity contribution in [2.45, 2.75) is 35.1 Å². The number of thiophene rings is 1. The van der Waals surface area contributed by atoms with E-state index >= 15 is 0 Å². The van der Waals surface area contributed by atoms with Crippen LogP contribution in [0.5, 0.6) is 0 Å². The minimum Gasteiger partial charge on any atom is -0.318 e. The lowest BCUT2D eigenvalue weighted by Crippen LogP contribution is -2.29. The molecule has 2 unspecified atom stereocenters. The Bertz CT molecular complexity index is 3310. The summed E-state index contributed by atoms with van der Waals surface area (Å²) in [5.74, 6) is 1.99. The third kappa shape index (κ3) is 5.74. The predicted octanol–water partition coefficient (Wildman–Crippen LogP) is 14.4. The van der Waals surface area contributed by atoms with Crippen LogP contribution in [0.25, 0.3) is 65.5 Å². The highest BCUT2D eigenvalue weighted by molar-refractivity contribution is 7.99. The number of fused-ring (bicyclic) bond motifs is 10. The summed E-state index contributed by atoms with van der Waals surface area (Å²) < 4.78 is 5.04. The van der Waals surface area contributed by atoms with Gasteiger partial charge in [0.15, 0.2) is 0 Å². The highest BCUT2D eigenvalue weighted by Gasteiger charge is 2.41. The van der Waals surface area contributed by atoms with E-state index in [1.54, 1.807) is 11.8 Å². The Morgan fingerprint density at radius 2 is 1.40 bits per heavy atom. The summed E-state index contributed by atoms with van der Waals surface area (Å²) in [7, 11) is 0. The normalized spacial score (nSPS) is 16.4. The standard InChI is InChI=1S/C54H38N4S2/c1-34-13-5-9-21-48(34)59-37-28-25-35(26-29-37)43-17-11-24-52(55-43)58-45-19-4-2-3-14-38(45)40-30-31-47-53(54(40)58)41-16-6-8-20-46(41)57(47)51-23-12-18-44(56-51)36-27-32-50-42(33-36)39-15-7-10-22-49(39)60-50/h2-13,15-33,41,46H,14H2,1H3. The lowest BCUT2D eigenvalue weighted by atomic mass is 9.90. The van der Waals surface area contributed by atoms with Crippen LogP contribution in [0, 0.1) is 6.92 Å². The van der Waals surface area contributed by atoms with Gasteiger partial charge in [-0.1, -0.05) is 127 Å². The summed E-state index contributed by atoms with van der Waals surface area (Å²) in [5, 5.41) is 3.85. The third-order valence-corrected chi connectivity index (χ3v) is 14.5. The number of aryl methyl sites for hydroxylation is 1. The first-order chi connectivity index (χ1) is 29.7. The van der Waals surface area contributed by atoms with Gasteiger partial charge in [0.2, 0.25) is 0 Å². The molecule has 0 spiro atoms. The summed E-state index contributed by atoms with van der Waals surface area (Å²) >= 11 is 3.65. The second-order valence-electron chi connectivity index (χ2n) is 15.7. The monoisotopic (exact) mass is 806 g/mol. The van der Waals surface area contributed by atoms with Gasteiger partial charge in [-0.15, -0.1) is 11.3 Å². The number of hydrogen-bond donors (Lipinski definition) is 0. The number of allylic oxidation sites excluding steroid dienone is 5. The molecule has 0 radical (unpaired) electrons. The fourth-order valence-electron chi connectivity index (χ4n) is 9.40. The third-order valence-electron chi connectivity index (χ3n) is 12.2. The fourth-order valence-corrected chi connectivity index (χ4v) is 11.4. The molecule has 0 bridgehead atoms. The lowest BCUT2D eigenvalue weighted by Gasteiger charge is -2.28. The second-order valence-corrected chi connectivity index (χ2v) is 17.9. The molecule has 0 fully saturated rings. The molecule has 2 aliphatic carbocycles. The molecule has 286 valence electrons. The number of hydrogen-bond acceptors (Lipinski definition) is 5. The molecule has 0 saturated heterocycles. The van der Waals surface area contributed by atoms with Gasteiger partial charge >= 0.3 is 0 Å². The average Bonchev–Trinajstić information content (AvgIpc) is 3.87. The van der Waals surface area contributed by atoms with E-state index in [0.717, 1.165) is 40.6 Å². The van der Waals surface area contributed by atoms with Gasteiger partial charge < -0.3 is 4.90 Å². The fraction of sp³-hybridized carbons (Fsp3) is 0.0741. The maximum atomic E-state index is 5.44. The number of pyridine rings is 2. The Kier molecular flexibility index (Phi) is 8.36. The van der Waals surface area contributed by atoms with Gasteiger partial charge in [-0.25, -0.2) is 9.97 Å². The van der Waals surface area contributed by atoms with E-state index in [4.69, 9.17) is 9.97 Å². The van der Waals surface area contributed by atoms with Crippen LogP contribution in [-0.2, 0) is 6.42 Å². The van der Waals surface area contributed by atoms with Crippen molar-refractivity contribution in [2.75, 3.05) is 4.90 Å². The average molecular weight is 807 g/mol. The zero-order chi connectivity index (χ0) is 39.7. The molecule has 6 heteroatoms. The summed E-state index contributed by atoms with van der Waals surface area (Å²) in [6.45, 7) is 2.17. The molecule has 5 heterocycles. The summed E-state index contributed by atoms with van der Waals surface area (Å²) in [5.41, 5.74) is 11.7. The SMILES string of the molecule is Cc1ccccc1Sc1ccc(-c2cccc(-n3c4c(c5ccc6c(c53)C3C=CC=CC3N6c3cccc(-c5ccc6sc7ccccc7c6c5)n3)CC=CC=C4)n2)cc1. The Balaban J connectivity index is 0.984. The van der Waals surface area contributed by atoms with Gasteiger partial charge in [-0.05, 0) is 97.3 Å². The molecular weight excluding hydrogens is 769 g/mol. The van der Waals surface area contributed by atoms with E-state index in [9.17, 15) is 0 Å². The van der Waals surface area contributed by atoms with E-state index < -0.39 is 0 Å². The highest BCUT2D eigenvalue weighted by Crippen LogP contribution is 2.52. The van der Waals surface area contributed by atoms with Crippen molar-refractivity contribution in [3.63, 3.8) is 0 Å². The smallest absolute Gasteiger partial charge is 0.138 e. The first-order valence-electron chi connectivity index (χ1n) is 20.5. The first-order valence-corrected chi connectivity index (χ1v) is 22.2. The molecule has 1 aliphatic heterocycles. The van der Waals surface area contributed by atoms with Crippen LogP contribution in [0.15, 0.2) is 192 Å². The van der Waals surface area contributed by atoms with Crippen LogP contribution in [0.3, 0.4) is 0 Å². The second kappa shape index (κ2) is 14.2. The van der Waals surface area contributed by atoms with E-state index in [0.29, 0.717) is 0 Å². The van der Waals surface area contributed by atoms with Crippen LogP contribution >= 0.6 is 23.1 Å². The topological polar surface area (TPSA) is 34.0 Å². The van der Waals surface area contributed by atoms with Crippen LogP contribution in [-0.4, -0.2) is 20.6 Å². The summed E-state index contributed by atoms with van der Waals surface area (Å²) in [4.78, 5) is 15.8. The van der Waals surface area contributed by atoms with Crippen molar-refractivity contribution in [2.24, 2.45) is 0 Å². The van der Waals surface area contributed by atoms with Crippen LogP contribution in [0.1, 0.15) is 28.3 Å². The Morgan fingerprint density at radius 3 is 2.30 bits per heavy atom. The number of anilines is 2. The molecule has 0 N–H and O–H groups in total. The maximum absolute atomic E-state index is 5.44. The molecule has 0 saturated carbocycles. The molecule has 12 rings (SSSR count). The first kappa shape index (κ1) is 35.2. The molecule has 5 aromatic carbocycles. The van der Waals surface area contributed by atoms with Crippen molar-refractivity contribution in [3.05, 3.63) is 204 Å². The predicted molar refractivity (Wildman–Crippen MR) is 253 cm³/mol. The summed E-state index contributed by atoms with van der Waals surface area (Å²) in [6.07, 6.45) is 18.8. The van der Waals surface area contributed by atoms with Gasteiger partial charge in [0.05, 0.1) is 28.6 Å². The van der Waals surface area contributed by atoms with Crippen LogP contribution < -0.4 is 4.90 Å². The van der Waals surface area contributed by atoms with Crippen molar-refractivity contribution < 1.29 is 0 Å². The van der Waals surface area contributed by atoms with Gasteiger partial charge in [0.1, 0.15) is 11.6 Å². The zero-order valence-corrected chi connectivity index (χ0v) is 34.5. The number of nitrogens with zero attached hydrogens (tertiary/aromatic N) is 4. The molecular formula is C54H38N4S2. The van der Waals surface area contributed by atoms with Gasteiger partial charge in [-0.2, -0.15) is 0 Å². The highest BCUT2D eigenvalue weighted by atomic mass is 32.2. The van der Waals surface area contributed by atoms with E-state index in [2.05, 4.69) is 205 Å². The minimum atomic E-state index is 0.0793. The molecule has 0 amide bonds. The van der Waals surface area contributed by atoms with Crippen LogP contribution in [0.2, 0.25) is 0 Å². The van der Waals surface area contributed by atoms with Gasteiger partial charge in [-0.3, -0.25) is 4.57 Å². The largest absolute Gasteiger partial charge is 0.318 e. The molecule has 60 heavy (non-hydrogen) atoms. The lowest BCUT2D eigenvalue weighted by molar-refractivity contribution is 0.739. The van der Waals surface area contributed by atoms with Crippen molar-refractivity contribution in [3.8, 4) is 28.3 Å². The maximum Gasteiger partial charge on any atom is 0.138 e.